The Morgan fingerprint density at radius 1 is 1.20 bits per heavy atom. The van der Waals surface area contributed by atoms with Crippen molar-refractivity contribution in [2.45, 2.75) is 26.2 Å². The van der Waals surface area contributed by atoms with Crippen LogP contribution in [0.3, 0.4) is 0 Å². The molecule has 0 atom stereocenters. The Morgan fingerprint density at radius 3 is 2.35 bits per heavy atom. The first-order valence-electron chi connectivity index (χ1n) is 6.27. The first-order valence-corrected chi connectivity index (χ1v) is 6.27. The molecule has 0 fully saturated rings. The number of carbonyl (C=O) groups excluding carboxylic acids is 1. The van der Waals surface area contributed by atoms with E-state index in [1.54, 1.807) is 25.5 Å². The Labute approximate surface area is 117 Å². The molecule has 104 valence electrons. The summed E-state index contributed by atoms with van der Waals surface area (Å²) >= 11 is 0. The highest BCUT2D eigenvalue weighted by Crippen LogP contribution is 2.17. The maximum Gasteiger partial charge on any atom is 0.207 e. The topological polar surface area (TPSA) is 73.6 Å². The maximum absolute atomic E-state index is 11.8. The number of carbonyl (C=O) groups is 1. The van der Waals surface area contributed by atoms with Crippen molar-refractivity contribution in [3.05, 3.63) is 41.7 Å². The smallest absolute Gasteiger partial charge is 0.207 e. The summed E-state index contributed by atoms with van der Waals surface area (Å²) in [6.45, 7) is 6.15. The molecule has 2 aromatic rings. The number of hydrogen-bond acceptors (Lipinski definition) is 5. The fourth-order valence-corrected chi connectivity index (χ4v) is 1.53. The number of aryl methyl sites for hydroxylation is 1. The average molecular weight is 271 g/mol. The maximum atomic E-state index is 11.8. The summed E-state index contributed by atoms with van der Waals surface area (Å²) in [7, 11) is 1.67. The Balaban J connectivity index is 2.10. The van der Waals surface area contributed by atoms with Crippen molar-refractivity contribution in [2.24, 2.45) is 7.05 Å². The van der Waals surface area contributed by atoms with Gasteiger partial charge in [0.2, 0.25) is 5.78 Å². The molecule has 0 bridgehead atoms. The summed E-state index contributed by atoms with van der Waals surface area (Å²) in [5.41, 5.74) is 1.00. The van der Waals surface area contributed by atoms with Crippen LogP contribution in [0.2, 0.25) is 0 Å². The number of nitrogens with zero attached hydrogens (tertiary/aromatic N) is 5. The highest BCUT2D eigenvalue weighted by atomic mass is 16.1. The molecule has 0 aliphatic rings. The van der Waals surface area contributed by atoms with E-state index in [4.69, 9.17) is 0 Å². The molecule has 0 aliphatic carbocycles. The molecule has 0 amide bonds. The van der Waals surface area contributed by atoms with Gasteiger partial charge < -0.3 is 0 Å². The van der Waals surface area contributed by atoms with Gasteiger partial charge in [-0.3, -0.25) is 4.79 Å². The van der Waals surface area contributed by atoms with E-state index < -0.39 is 0 Å². The van der Waals surface area contributed by atoms with Gasteiger partial charge in [-0.15, -0.1) is 0 Å². The van der Waals surface area contributed by atoms with Crippen molar-refractivity contribution in [3.8, 4) is 0 Å². The molecule has 2 aromatic heterocycles. The lowest BCUT2D eigenvalue weighted by atomic mass is 9.96. The summed E-state index contributed by atoms with van der Waals surface area (Å²) in [4.78, 5) is 21.8. The third-order valence-electron chi connectivity index (χ3n) is 2.62. The van der Waals surface area contributed by atoms with E-state index in [0.717, 1.165) is 11.4 Å². The van der Waals surface area contributed by atoms with E-state index in [1.165, 1.54) is 17.1 Å². The van der Waals surface area contributed by atoms with Gasteiger partial charge in [-0.25, -0.2) is 9.97 Å². The number of aromatic nitrogens is 5. The van der Waals surface area contributed by atoms with Crippen molar-refractivity contribution < 1.29 is 4.79 Å². The molecule has 0 spiro atoms. The van der Waals surface area contributed by atoms with E-state index in [0.29, 0.717) is 5.69 Å². The minimum absolute atomic E-state index is 0.0856. The van der Waals surface area contributed by atoms with Crippen molar-refractivity contribution in [1.82, 2.24) is 25.0 Å². The van der Waals surface area contributed by atoms with Crippen molar-refractivity contribution >= 4 is 11.9 Å². The second kappa shape index (κ2) is 5.32. The second-order valence-electron chi connectivity index (χ2n) is 5.51. The van der Waals surface area contributed by atoms with Crippen LogP contribution in [-0.2, 0) is 12.5 Å². The fourth-order valence-electron chi connectivity index (χ4n) is 1.53. The molecule has 20 heavy (non-hydrogen) atoms. The molecule has 0 aromatic carbocycles. The third-order valence-corrected chi connectivity index (χ3v) is 2.62. The van der Waals surface area contributed by atoms with Crippen LogP contribution in [0.4, 0.5) is 0 Å². The zero-order valence-corrected chi connectivity index (χ0v) is 12.0. The summed E-state index contributed by atoms with van der Waals surface area (Å²) in [6.07, 6.45) is 7.96. The molecule has 0 N–H and O–H groups in total. The summed E-state index contributed by atoms with van der Waals surface area (Å²) in [5.74, 6) is 0.577. The first-order chi connectivity index (χ1) is 9.36. The molecular weight excluding hydrogens is 254 g/mol. The van der Waals surface area contributed by atoms with Gasteiger partial charge in [0, 0.05) is 30.4 Å². The number of allylic oxidation sites excluding steroid dienone is 1. The van der Waals surface area contributed by atoms with Crippen LogP contribution in [0.5, 0.6) is 0 Å². The van der Waals surface area contributed by atoms with E-state index in [9.17, 15) is 4.79 Å². The van der Waals surface area contributed by atoms with E-state index in [-0.39, 0.29) is 11.2 Å². The molecule has 6 nitrogen and oxygen atoms in total. The molecular formula is C14H17N5O. The molecule has 0 aliphatic heterocycles. The highest BCUT2D eigenvalue weighted by molar-refractivity contribution is 6.05. The zero-order valence-electron chi connectivity index (χ0n) is 12.0. The highest BCUT2D eigenvalue weighted by Gasteiger charge is 2.16. The van der Waals surface area contributed by atoms with E-state index >= 15 is 0 Å². The van der Waals surface area contributed by atoms with Crippen molar-refractivity contribution in [1.29, 1.82) is 0 Å². The van der Waals surface area contributed by atoms with Crippen LogP contribution in [0, 0.1) is 0 Å². The molecule has 0 saturated carbocycles. The molecule has 0 radical (unpaired) electrons. The van der Waals surface area contributed by atoms with E-state index in [1.807, 2.05) is 0 Å². The third kappa shape index (κ3) is 3.34. The lowest BCUT2D eigenvalue weighted by molar-refractivity contribution is 0.104. The second-order valence-corrected chi connectivity index (χ2v) is 5.51. The van der Waals surface area contributed by atoms with Gasteiger partial charge in [-0.05, 0) is 12.2 Å². The van der Waals surface area contributed by atoms with E-state index in [2.05, 4.69) is 40.9 Å². The monoisotopic (exact) mass is 271 g/mol. The van der Waals surface area contributed by atoms with Gasteiger partial charge in [-0.2, -0.15) is 15.0 Å². The minimum Gasteiger partial charge on any atom is -0.287 e. The Morgan fingerprint density at radius 2 is 1.85 bits per heavy atom. The zero-order chi connectivity index (χ0) is 14.8. The molecule has 0 saturated heterocycles. The minimum atomic E-state index is -0.196. The van der Waals surface area contributed by atoms with Crippen LogP contribution >= 0.6 is 0 Å². The van der Waals surface area contributed by atoms with Gasteiger partial charge in [0.05, 0.1) is 6.20 Å². The predicted octanol–water partition coefficient (Wildman–Crippen LogP) is 1.80. The van der Waals surface area contributed by atoms with Crippen LogP contribution in [0.1, 0.15) is 42.6 Å². The molecule has 0 unspecified atom stereocenters. The van der Waals surface area contributed by atoms with Crippen molar-refractivity contribution in [2.75, 3.05) is 0 Å². The summed E-state index contributed by atoms with van der Waals surface area (Å²) < 4.78 is 0. The first kappa shape index (κ1) is 14.0. The van der Waals surface area contributed by atoms with Crippen LogP contribution in [0.25, 0.3) is 6.08 Å². The van der Waals surface area contributed by atoms with Gasteiger partial charge in [0.1, 0.15) is 5.82 Å². The lowest BCUT2D eigenvalue weighted by Crippen LogP contribution is -2.15. The average Bonchev–Trinajstić information content (AvgIpc) is 2.82. The number of ketones is 1. The SMILES string of the molecule is Cn1ncc(C(=O)C=Cc2cnc(C(C)(C)C)nc2)n1. The van der Waals surface area contributed by atoms with Gasteiger partial charge >= 0.3 is 0 Å². The normalized spacial score (nSPS) is 12.0. The molecule has 2 heterocycles. The predicted molar refractivity (Wildman–Crippen MR) is 75.1 cm³/mol. The summed E-state index contributed by atoms with van der Waals surface area (Å²) in [6, 6.07) is 0. The fraction of sp³-hybridized carbons (Fsp3) is 0.357. The molecule has 2 rings (SSSR count). The Hall–Kier alpha value is -2.37. The van der Waals surface area contributed by atoms with Gasteiger partial charge in [0.25, 0.3) is 0 Å². The lowest BCUT2D eigenvalue weighted by Gasteiger charge is -2.15. The Bertz CT molecular complexity index is 634. The molecule has 6 heteroatoms. The number of hydrogen-bond donors (Lipinski definition) is 0. The standard InChI is InChI=1S/C14H17N5O/c1-14(2,3)13-15-7-10(8-16-13)5-6-12(20)11-9-17-19(4)18-11/h5-9H,1-4H3. The largest absolute Gasteiger partial charge is 0.287 e. The van der Waals surface area contributed by atoms with Crippen LogP contribution in [0.15, 0.2) is 24.7 Å². The quantitative estimate of drug-likeness (QED) is 0.628. The number of rotatable bonds is 3. The Kier molecular flexibility index (Phi) is 3.74. The van der Waals surface area contributed by atoms with Gasteiger partial charge in [-0.1, -0.05) is 20.8 Å². The van der Waals surface area contributed by atoms with Crippen molar-refractivity contribution in [3.63, 3.8) is 0 Å². The van der Waals surface area contributed by atoms with Crippen LogP contribution in [-0.4, -0.2) is 30.7 Å². The van der Waals surface area contributed by atoms with Gasteiger partial charge in [0.15, 0.2) is 5.69 Å². The van der Waals surface area contributed by atoms with Crippen LogP contribution < -0.4 is 0 Å². The summed E-state index contributed by atoms with van der Waals surface area (Å²) in [5, 5.41) is 7.80.